The largest absolute Gasteiger partial charge is 0.0625 e. The molecule has 0 amide bonds. The Morgan fingerprint density at radius 2 is 1.80 bits per heavy atom. The summed E-state index contributed by atoms with van der Waals surface area (Å²) in [5.41, 5.74) is 0.855. The summed E-state index contributed by atoms with van der Waals surface area (Å²) in [5, 5.41) is 0. The molecule has 0 saturated heterocycles. The fourth-order valence-corrected chi connectivity index (χ4v) is 3.46. The highest BCUT2D eigenvalue weighted by atomic mass is 14.8. The molecule has 4 atom stereocenters. The van der Waals surface area contributed by atoms with Crippen LogP contribution in [0.1, 0.15) is 34.1 Å². The Morgan fingerprint density at radius 3 is 1.90 bits per heavy atom. The van der Waals surface area contributed by atoms with Gasteiger partial charge in [-0.3, -0.25) is 0 Å². The molecule has 2 rings (SSSR count). The van der Waals surface area contributed by atoms with Gasteiger partial charge in [0.2, 0.25) is 0 Å². The Labute approximate surface area is 64.0 Å². The monoisotopic (exact) mass is 138 g/mol. The average molecular weight is 138 g/mol. The van der Waals surface area contributed by atoms with Crippen LogP contribution in [0.4, 0.5) is 0 Å². The molecule has 0 bridgehead atoms. The highest BCUT2D eigenvalue weighted by Crippen LogP contribution is 2.79. The first-order chi connectivity index (χ1) is 4.60. The molecular weight excluding hydrogens is 120 g/mol. The van der Waals surface area contributed by atoms with Gasteiger partial charge in [0.1, 0.15) is 0 Å². The van der Waals surface area contributed by atoms with E-state index in [1.54, 1.807) is 0 Å². The van der Waals surface area contributed by atoms with E-state index in [2.05, 4.69) is 27.7 Å². The molecule has 4 unspecified atom stereocenters. The van der Waals surface area contributed by atoms with Gasteiger partial charge in [-0.05, 0) is 35.5 Å². The molecule has 0 aromatic rings. The van der Waals surface area contributed by atoms with Crippen LogP contribution in [-0.2, 0) is 0 Å². The van der Waals surface area contributed by atoms with E-state index in [4.69, 9.17) is 0 Å². The maximum absolute atomic E-state index is 2.44. The molecule has 2 fully saturated rings. The minimum absolute atomic E-state index is 0.855. The first-order valence-electron chi connectivity index (χ1n) is 4.60. The smallest absolute Gasteiger partial charge is 0.0207 e. The first-order valence-corrected chi connectivity index (χ1v) is 4.60. The number of hydrogen-bond donors (Lipinski definition) is 0. The standard InChI is InChI=1S/C10H18/c1-6(2)9-8(4)10(9)5-7(10)3/h6-9H,5H2,1-4H3. The molecule has 0 aromatic heterocycles. The third kappa shape index (κ3) is 0.538. The molecule has 2 saturated carbocycles. The van der Waals surface area contributed by atoms with Gasteiger partial charge in [-0.1, -0.05) is 27.7 Å². The molecule has 0 N–H and O–H groups in total. The molecule has 0 nitrogen and oxygen atoms in total. The highest BCUT2D eigenvalue weighted by Gasteiger charge is 2.74. The molecule has 0 heterocycles. The molecule has 2 aliphatic carbocycles. The van der Waals surface area contributed by atoms with Gasteiger partial charge in [0.05, 0.1) is 0 Å². The second-order valence-corrected chi connectivity index (χ2v) is 4.78. The van der Waals surface area contributed by atoms with E-state index in [9.17, 15) is 0 Å². The van der Waals surface area contributed by atoms with Crippen molar-refractivity contribution in [2.45, 2.75) is 34.1 Å². The predicted molar refractivity (Wildman–Crippen MR) is 43.7 cm³/mol. The van der Waals surface area contributed by atoms with Crippen LogP contribution in [0.2, 0.25) is 0 Å². The number of hydrogen-bond acceptors (Lipinski definition) is 0. The van der Waals surface area contributed by atoms with Crippen LogP contribution in [-0.4, -0.2) is 0 Å². The second kappa shape index (κ2) is 1.60. The lowest BCUT2D eigenvalue weighted by Gasteiger charge is -1.99. The van der Waals surface area contributed by atoms with Crippen molar-refractivity contribution in [1.29, 1.82) is 0 Å². The third-order valence-electron chi connectivity index (χ3n) is 4.03. The fourth-order valence-electron chi connectivity index (χ4n) is 3.46. The minimum atomic E-state index is 0.855. The molecule has 0 heteroatoms. The molecule has 1 spiro atoms. The van der Waals surface area contributed by atoms with E-state index in [1.807, 2.05) is 0 Å². The van der Waals surface area contributed by atoms with Gasteiger partial charge < -0.3 is 0 Å². The summed E-state index contributed by atoms with van der Waals surface area (Å²) in [6.45, 7) is 9.61. The molecule has 10 heavy (non-hydrogen) atoms. The zero-order chi connectivity index (χ0) is 7.52. The van der Waals surface area contributed by atoms with Gasteiger partial charge in [0.25, 0.3) is 0 Å². The van der Waals surface area contributed by atoms with Crippen molar-refractivity contribution in [3.63, 3.8) is 0 Å². The average Bonchev–Trinajstić information content (AvgIpc) is 2.55. The molecular formula is C10H18. The Balaban J connectivity index is 2.06. The van der Waals surface area contributed by atoms with Crippen molar-refractivity contribution in [1.82, 2.24) is 0 Å². The predicted octanol–water partition coefficient (Wildman–Crippen LogP) is 2.93. The van der Waals surface area contributed by atoms with Crippen molar-refractivity contribution in [3.8, 4) is 0 Å². The topological polar surface area (TPSA) is 0 Å². The van der Waals surface area contributed by atoms with E-state index in [0.29, 0.717) is 0 Å². The summed E-state index contributed by atoms with van der Waals surface area (Å²) in [4.78, 5) is 0. The van der Waals surface area contributed by atoms with Crippen LogP contribution >= 0.6 is 0 Å². The molecule has 0 aliphatic heterocycles. The van der Waals surface area contributed by atoms with E-state index in [1.165, 1.54) is 6.42 Å². The van der Waals surface area contributed by atoms with Crippen LogP contribution in [0.15, 0.2) is 0 Å². The lowest BCUT2D eigenvalue weighted by Crippen LogP contribution is -1.93. The zero-order valence-corrected chi connectivity index (χ0v) is 7.52. The van der Waals surface area contributed by atoms with Crippen molar-refractivity contribution >= 4 is 0 Å². The molecule has 58 valence electrons. The van der Waals surface area contributed by atoms with Crippen LogP contribution in [0.25, 0.3) is 0 Å². The van der Waals surface area contributed by atoms with Crippen LogP contribution in [0, 0.1) is 29.1 Å². The summed E-state index contributed by atoms with van der Waals surface area (Å²) in [6, 6.07) is 0. The summed E-state index contributed by atoms with van der Waals surface area (Å²) < 4.78 is 0. The SMILES string of the molecule is CC(C)C1C(C)C12CC2C. The van der Waals surface area contributed by atoms with Gasteiger partial charge in [0.15, 0.2) is 0 Å². The van der Waals surface area contributed by atoms with E-state index in [-0.39, 0.29) is 0 Å². The van der Waals surface area contributed by atoms with Gasteiger partial charge >= 0.3 is 0 Å². The van der Waals surface area contributed by atoms with E-state index >= 15 is 0 Å². The van der Waals surface area contributed by atoms with Gasteiger partial charge in [-0.15, -0.1) is 0 Å². The summed E-state index contributed by atoms with van der Waals surface area (Å²) in [7, 11) is 0. The van der Waals surface area contributed by atoms with E-state index in [0.717, 1.165) is 29.1 Å². The van der Waals surface area contributed by atoms with Crippen LogP contribution < -0.4 is 0 Å². The third-order valence-corrected chi connectivity index (χ3v) is 4.03. The molecule has 2 aliphatic rings. The maximum atomic E-state index is 2.44. The zero-order valence-electron chi connectivity index (χ0n) is 7.52. The Kier molecular flexibility index (Phi) is 1.07. The Bertz CT molecular complexity index is 159. The first kappa shape index (κ1) is 6.69. The van der Waals surface area contributed by atoms with Crippen molar-refractivity contribution in [2.75, 3.05) is 0 Å². The summed E-state index contributed by atoms with van der Waals surface area (Å²) >= 11 is 0. The van der Waals surface area contributed by atoms with Gasteiger partial charge in [-0.2, -0.15) is 0 Å². The van der Waals surface area contributed by atoms with Crippen LogP contribution in [0.3, 0.4) is 0 Å². The lowest BCUT2D eigenvalue weighted by molar-refractivity contribution is 0.492. The quantitative estimate of drug-likeness (QED) is 0.522. The maximum Gasteiger partial charge on any atom is -0.0207 e. The van der Waals surface area contributed by atoms with Crippen LogP contribution in [0.5, 0.6) is 0 Å². The Hall–Kier alpha value is 0. The normalized spacial score (nSPS) is 57.9. The second-order valence-electron chi connectivity index (χ2n) is 4.78. The highest BCUT2D eigenvalue weighted by molar-refractivity contribution is 5.21. The Morgan fingerprint density at radius 1 is 1.30 bits per heavy atom. The molecule has 0 aromatic carbocycles. The molecule has 0 radical (unpaired) electrons. The lowest BCUT2D eigenvalue weighted by atomic mass is 10.1. The van der Waals surface area contributed by atoms with Gasteiger partial charge in [0, 0.05) is 0 Å². The summed E-state index contributed by atoms with van der Waals surface area (Å²) in [6.07, 6.45) is 1.52. The minimum Gasteiger partial charge on any atom is -0.0625 e. The van der Waals surface area contributed by atoms with Gasteiger partial charge in [-0.25, -0.2) is 0 Å². The van der Waals surface area contributed by atoms with Crippen molar-refractivity contribution in [2.24, 2.45) is 29.1 Å². The summed E-state index contributed by atoms with van der Waals surface area (Å²) in [5.74, 6) is 4.10. The van der Waals surface area contributed by atoms with Crippen molar-refractivity contribution in [3.05, 3.63) is 0 Å². The number of rotatable bonds is 1. The van der Waals surface area contributed by atoms with E-state index < -0.39 is 0 Å². The van der Waals surface area contributed by atoms with Crippen molar-refractivity contribution < 1.29 is 0 Å². The fraction of sp³-hybridized carbons (Fsp3) is 1.00.